The first kappa shape index (κ1) is 33.0. The van der Waals surface area contributed by atoms with Gasteiger partial charge in [-0.3, -0.25) is 0 Å². The fraction of sp³-hybridized carbons (Fsp3) is 0.381. The van der Waals surface area contributed by atoms with Gasteiger partial charge >= 0.3 is 0 Å². The van der Waals surface area contributed by atoms with Gasteiger partial charge in [-0.05, 0) is 71.2 Å². The van der Waals surface area contributed by atoms with Gasteiger partial charge in [-0.15, -0.1) is 6.42 Å². The number of rotatable bonds is 12. The van der Waals surface area contributed by atoms with Crippen molar-refractivity contribution < 1.29 is 18.9 Å². The van der Waals surface area contributed by atoms with E-state index in [-0.39, 0.29) is 0 Å². The number of terminal acetylenes is 1. The highest BCUT2D eigenvalue weighted by Gasteiger charge is 2.22. The van der Waals surface area contributed by atoms with Crippen molar-refractivity contribution in [3.8, 4) is 35.3 Å². The molecular formula is C42H48O4. The second-order valence-electron chi connectivity index (χ2n) is 12.1. The van der Waals surface area contributed by atoms with Crippen molar-refractivity contribution in [1.29, 1.82) is 0 Å². The van der Waals surface area contributed by atoms with Gasteiger partial charge in [-0.1, -0.05) is 88.2 Å². The standard InChI is InChI=1S/C42H48O4/c1-6-20-43-39-31-14-11-15-32(39)27-34-17-13-19-36(41(34)45-22-8-3)29-38-25-30(10-5)24-37(42(38)46-23-9-4)28-35-18-12-16-33(26-31)40(35)44-21-7-2/h5,11-19,24-25H,6-9,20-23,26-29H2,1-4H3. The van der Waals surface area contributed by atoms with E-state index >= 15 is 0 Å². The molecule has 4 heteroatoms. The molecule has 0 saturated carbocycles. The molecule has 4 aromatic rings. The molecule has 4 aromatic carbocycles. The van der Waals surface area contributed by atoms with Crippen molar-refractivity contribution in [2.45, 2.75) is 79.1 Å². The van der Waals surface area contributed by atoms with Crippen LogP contribution in [0.2, 0.25) is 0 Å². The Bertz CT molecular complexity index is 1560. The molecule has 0 unspecified atom stereocenters. The molecule has 0 heterocycles. The summed E-state index contributed by atoms with van der Waals surface area (Å²) in [6.07, 6.45) is 12.5. The fourth-order valence-corrected chi connectivity index (χ4v) is 6.23. The zero-order valence-electron chi connectivity index (χ0n) is 28.0. The van der Waals surface area contributed by atoms with Gasteiger partial charge in [0.1, 0.15) is 23.0 Å². The highest BCUT2D eigenvalue weighted by atomic mass is 16.5. The van der Waals surface area contributed by atoms with Gasteiger partial charge in [0.05, 0.1) is 26.4 Å². The predicted molar refractivity (Wildman–Crippen MR) is 188 cm³/mol. The van der Waals surface area contributed by atoms with Crippen molar-refractivity contribution in [2.24, 2.45) is 0 Å². The molecule has 8 bridgehead atoms. The molecule has 0 aromatic heterocycles. The Morgan fingerprint density at radius 1 is 0.457 bits per heavy atom. The van der Waals surface area contributed by atoms with Gasteiger partial charge < -0.3 is 18.9 Å². The molecule has 5 rings (SSSR count). The van der Waals surface area contributed by atoms with Crippen LogP contribution in [0.25, 0.3) is 0 Å². The van der Waals surface area contributed by atoms with Gasteiger partial charge in [0.2, 0.25) is 0 Å². The molecule has 0 amide bonds. The number of benzene rings is 4. The Kier molecular flexibility index (Phi) is 11.7. The van der Waals surface area contributed by atoms with Crippen molar-refractivity contribution in [3.63, 3.8) is 0 Å². The minimum Gasteiger partial charge on any atom is -0.493 e. The predicted octanol–water partition coefficient (Wildman–Crippen LogP) is 9.50. The van der Waals surface area contributed by atoms with E-state index in [2.05, 4.69) is 100 Å². The van der Waals surface area contributed by atoms with Crippen LogP contribution in [0.4, 0.5) is 0 Å². The average Bonchev–Trinajstić information content (AvgIpc) is 3.06. The summed E-state index contributed by atoms with van der Waals surface area (Å²) in [5.74, 6) is 6.68. The third kappa shape index (κ3) is 7.71. The molecular weight excluding hydrogens is 568 g/mol. The maximum atomic E-state index is 6.57. The molecule has 0 saturated heterocycles. The summed E-state index contributed by atoms with van der Waals surface area (Å²) in [5, 5.41) is 0. The average molecular weight is 617 g/mol. The lowest BCUT2D eigenvalue weighted by Gasteiger charge is -2.23. The first-order valence-electron chi connectivity index (χ1n) is 17.1. The molecule has 0 spiro atoms. The van der Waals surface area contributed by atoms with Crippen LogP contribution in [0.15, 0.2) is 66.7 Å². The maximum Gasteiger partial charge on any atom is 0.126 e. The van der Waals surface area contributed by atoms with Crippen LogP contribution >= 0.6 is 0 Å². The summed E-state index contributed by atoms with van der Waals surface area (Å²) < 4.78 is 26.2. The Balaban J connectivity index is 1.78. The smallest absolute Gasteiger partial charge is 0.126 e. The van der Waals surface area contributed by atoms with Crippen LogP contribution in [0.1, 0.15) is 103 Å². The molecule has 0 fully saturated rings. The van der Waals surface area contributed by atoms with Gasteiger partial charge in [-0.25, -0.2) is 0 Å². The van der Waals surface area contributed by atoms with Crippen LogP contribution in [0.5, 0.6) is 23.0 Å². The number of ether oxygens (including phenoxy) is 4. The minimum atomic E-state index is 0.628. The van der Waals surface area contributed by atoms with Crippen LogP contribution in [-0.4, -0.2) is 26.4 Å². The zero-order valence-corrected chi connectivity index (χ0v) is 28.0. The lowest BCUT2D eigenvalue weighted by molar-refractivity contribution is 0.304. The summed E-state index contributed by atoms with van der Waals surface area (Å²) in [7, 11) is 0. The van der Waals surface area contributed by atoms with E-state index in [1.165, 1.54) is 0 Å². The molecule has 240 valence electrons. The van der Waals surface area contributed by atoms with Gasteiger partial charge in [0.25, 0.3) is 0 Å². The van der Waals surface area contributed by atoms with Crippen LogP contribution in [-0.2, 0) is 25.7 Å². The SMILES string of the molecule is C#Cc1cc2c(OCCC)c(c1)Cc1cccc(c1OCCC)Cc1cccc(c1OCCC)Cc1cccc(c1OCCC)C2. The number of hydrogen-bond acceptors (Lipinski definition) is 4. The maximum absolute atomic E-state index is 6.57. The molecule has 0 atom stereocenters. The first-order valence-corrected chi connectivity index (χ1v) is 17.1. The summed E-state index contributed by atoms with van der Waals surface area (Å²) in [6, 6.07) is 23.8. The summed E-state index contributed by atoms with van der Waals surface area (Å²) in [5.41, 5.74) is 9.86. The first-order chi connectivity index (χ1) is 22.6. The van der Waals surface area contributed by atoms with Gasteiger partial charge in [-0.2, -0.15) is 0 Å². The van der Waals surface area contributed by atoms with Crippen LogP contribution < -0.4 is 18.9 Å². The second kappa shape index (κ2) is 16.3. The number of fused-ring (bicyclic) bond motifs is 8. The van der Waals surface area contributed by atoms with Crippen LogP contribution in [0, 0.1) is 12.3 Å². The summed E-state index contributed by atoms with van der Waals surface area (Å²) in [4.78, 5) is 0. The Hall–Kier alpha value is -4.36. The molecule has 46 heavy (non-hydrogen) atoms. The molecule has 0 radical (unpaired) electrons. The van der Waals surface area contributed by atoms with E-state index in [0.29, 0.717) is 52.1 Å². The largest absolute Gasteiger partial charge is 0.493 e. The molecule has 0 N–H and O–H groups in total. The summed E-state index contributed by atoms with van der Waals surface area (Å²) >= 11 is 0. The highest BCUT2D eigenvalue weighted by molar-refractivity contribution is 5.58. The van der Waals surface area contributed by atoms with Crippen molar-refractivity contribution in [1.82, 2.24) is 0 Å². The molecule has 4 nitrogen and oxygen atoms in total. The van der Waals surface area contributed by atoms with E-state index in [1.807, 2.05) is 0 Å². The number of hydrogen-bond donors (Lipinski definition) is 0. The highest BCUT2D eigenvalue weighted by Crippen LogP contribution is 2.39. The van der Waals surface area contributed by atoms with Crippen molar-refractivity contribution in [2.75, 3.05) is 26.4 Å². The number of para-hydroxylation sites is 3. The van der Waals surface area contributed by atoms with E-state index < -0.39 is 0 Å². The van der Waals surface area contributed by atoms with E-state index in [9.17, 15) is 0 Å². The van der Waals surface area contributed by atoms with Crippen molar-refractivity contribution in [3.05, 3.63) is 117 Å². The molecule has 0 aliphatic heterocycles. The fourth-order valence-electron chi connectivity index (χ4n) is 6.23. The van der Waals surface area contributed by atoms with E-state index in [1.54, 1.807) is 0 Å². The van der Waals surface area contributed by atoms with E-state index in [0.717, 1.165) is 98.8 Å². The third-order valence-corrected chi connectivity index (χ3v) is 8.27. The summed E-state index contributed by atoms with van der Waals surface area (Å²) in [6.45, 7) is 11.2. The lowest BCUT2D eigenvalue weighted by Crippen LogP contribution is -2.10. The Labute approximate surface area is 276 Å². The lowest BCUT2D eigenvalue weighted by atomic mass is 9.90. The molecule has 1 aliphatic carbocycles. The Morgan fingerprint density at radius 3 is 0.978 bits per heavy atom. The monoisotopic (exact) mass is 616 g/mol. The third-order valence-electron chi connectivity index (χ3n) is 8.27. The quantitative estimate of drug-likeness (QED) is 0.131. The van der Waals surface area contributed by atoms with Crippen LogP contribution in [0.3, 0.4) is 0 Å². The van der Waals surface area contributed by atoms with Gasteiger partial charge in [0, 0.05) is 42.4 Å². The van der Waals surface area contributed by atoms with E-state index in [4.69, 9.17) is 25.4 Å². The van der Waals surface area contributed by atoms with Gasteiger partial charge in [0.15, 0.2) is 0 Å². The van der Waals surface area contributed by atoms with Crippen molar-refractivity contribution >= 4 is 0 Å². The topological polar surface area (TPSA) is 36.9 Å². The second-order valence-corrected chi connectivity index (χ2v) is 12.1. The molecule has 1 aliphatic rings. The minimum absolute atomic E-state index is 0.628. The zero-order chi connectivity index (χ0) is 32.3. The normalized spacial score (nSPS) is 12.2. The Morgan fingerprint density at radius 2 is 0.717 bits per heavy atom.